The number of carbonyl (C=O) groups is 1. The Labute approximate surface area is 237 Å². The van der Waals surface area contributed by atoms with Gasteiger partial charge in [0.1, 0.15) is 17.1 Å². The second kappa shape index (κ2) is 12.2. The molecule has 0 aliphatic carbocycles. The molecular formula is C31H28ClN3O5. The van der Waals surface area contributed by atoms with Gasteiger partial charge in [-0.1, -0.05) is 54.1 Å². The molecule has 4 aromatic carbocycles. The number of ether oxygens (including phenoxy) is 2. The molecule has 8 nitrogen and oxygen atoms in total. The first-order valence-corrected chi connectivity index (χ1v) is 13.2. The van der Waals surface area contributed by atoms with Crippen LogP contribution in [0.3, 0.4) is 0 Å². The number of non-ortho nitro benzene ring substituents is 1. The number of piperazine rings is 1. The Morgan fingerprint density at radius 3 is 2.40 bits per heavy atom. The summed E-state index contributed by atoms with van der Waals surface area (Å²) in [5.74, 6) is 0.000923. The van der Waals surface area contributed by atoms with Crippen molar-refractivity contribution in [3.8, 4) is 22.6 Å². The van der Waals surface area contributed by atoms with Crippen LogP contribution in [-0.4, -0.2) is 49.1 Å². The van der Waals surface area contributed by atoms with Crippen molar-refractivity contribution < 1.29 is 19.2 Å². The van der Waals surface area contributed by atoms with Gasteiger partial charge in [-0.2, -0.15) is 0 Å². The molecular weight excluding hydrogens is 530 g/mol. The molecule has 0 saturated carbocycles. The van der Waals surface area contributed by atoms with E-state index < -0.39 is 10.9 Å². The molecule has 0 radical (unpaired) electrons. The van der Waals surface area contributed by atoms with Gasteiger partial charge in [0.05, 0.1) is 18.1 Å². The van der Waals surface area contributed by atoms with Crippen molar-refractivity contribution in [1.29, 1.82) is 0 Å². The summed E-state index contributed by atoms with van der Waals surface area (Å²) in [6.07, 6.45) is 0. The molecule has 0 N–H and O–H groups in total. The number of halogens is 1. The summed E-state index contributed by atoms with van der Waals surface area (Å²) in [6, 6.07) is 27.5. The molecule has 1 fully saturated rings. The maximum atomic E-state index is 12.4. The lowest BCUT2D eigenvalue weighted by Gasteiger charge is -2.36. The molecule has 1 heterocycles. The van der Waals surface area contributed by atoms with E-state index in [2.05, 4.69) is 34.1 Å². The van der Waals surface area contributed by atoms with Crippen LogP contribution in [-0.2, 0) is 11.3 Å². The lowest BCUT2D eigenvalue weighted by Crippen LogP contribution is -2.46. The fraction of sp³-hybridized carbons (Fsp3) is 0.194. The molecule has 204 valence electrons. The molecule has 1 saturated heterocycles. The van der Waals surface area contributed by atoms with Crippen molar-refractivity contribution in [3.05, 3.63) is 117 Å². The average molecular weight is 558 g/mol. The molecule has 5 rings (SSSR count). The van der Waals surface area contributed by atoms with E-state index in [9.17, 15) is 14.9 Å². The van der Waals surface area contributed by atoms with Crippen molar-refractivity contribution >= 4 is 28.9 Å². The maximum Gasteiger partial charge on any atom is 0.341 e. The Morgan fingerprint density at radius 1 is 0.925 bits per heavy atom. The first kappa shape index (κ1) is 27.2. The number of nitro groups is 1. The Bertz CT molecular complexity index is 1520. The van der Waals surface area contributed by atoms with E-state index in [1.165, 1.54) is 30.4 Å². The fourth-order valence-electron chi connectivity index (χ4n) is 4.83. The van der Waals surface area contributed by atoms with E-state index in [-0.39, 0.29) is 22.7 Å². The second-order valence-corrected chi connectivity index (χ2v) is 9.89. The number of anilines is 1. The Morgan fingerprint density at radius 2 is 1.68 bits per heavy atom. The van der Waals surface area contributed by atoms with Gasteiger partial charge in [0.2, 0.25) is 0 Å². The lowest BCUT2D eigenvalue weighted by atomic mass is 9.99. The summed E-state index contributed by atoms with van der Waals surface area (Å²) >= 11 is 6.09. The predicted molar refractivity (Wildman–Crippen MR) is 155 cm³/mol. The number of methoxy groups -OCH3 is 1. The zero-order chi connectivity index (χ0) is 28.1. The number of nitro benzene ring substituents is 1. The summed E-state index contributed by atoms with van der Waals surface area (Å²) in [5.41, 5.74) is 4.64. The van der Waals surface area contributed by atoms with E-state index in [0.29, 0.717) is 0 Å². The molecule has 4 aromatic rings. The first-order valence-electron chi connectivity index (χ1n) is 12.9. The number of hydrogen-bond donors (Lipinski definition) is 0. The molecule has 0 atom stereocenters. The highest BCUT2D eigenvalue weighted by molar-refractivity contribution is 6.30. The highest BCUT2D eigenvalue weighted by Crippen LogP contribution is 2.33. The van der Waals surface area contributed by atoms with Crippen LogP contribution in [0.4, 0.5) is 11.4 Å². The minimum absolute atomic E-state index is 0.0953. The molecule has 1 aliphatic rings. The predicted octanol–water partition coefficient (Wildman–Crippen LogP) is 6.82. The molecule has 0 amide bonds. The quantitative estimate of drug-likeness (QED) is 0.133. The second-order valence-electron chi connectivity index (χ2n) is 9.46. The monoisotopic (exact) mass is 557 g/mol. The first-order chi connectivity index (χ1) is 19.4. The number of hydrogen-bond acceptors (Lipinski definition) is 7. The highest BCUT2D eigenvalue weighted by atomic mass is 35.5. The minimum Gasteiger partial charge on any atom is -0.465 e. The average Bonchev–Trinajstić information content (AvgIpc) is 2.98. The van der Waals surface area contributed by atoms with Crippen molar-refractivity contribution in [1.82, 2.24) is 4.90 Å². The smallest absolute Gasteiger partial charge is 0.341 e. The Hall–Kier alpha value is -4.40. The van der Waals surface area contributed by atoms with Crippen LogP contribution in [0.5, 0.6) is 11.5 Å². The Balaban J connectivity index is 1.30. The third-order valence-electron chi connectivity index (χ3n) is 6.93. The summed E-state index contributed by atoms with van der Waals surface area (Å²) < 4.78 is 10.9. The van der Waals surface area contributed by atoms with Crippen LogP contribution in [0, 0.1) is 10.1 Å². The lowest BCUT2D eigenvalue weighted by molar-refractivity contribution is -0.384. The van der Waals surface area contributed by atoms with Gasteiger partial charge < -0.3 is 14.4 Å². The van der Waals surface area contributed by atoms with E-state index in [1.807, 2.05) is 30.3 Å². The normalized spacial score (nSPS) is 13.6. The minimum atomic E-state index is -0.545. The number of benzene rings is 4. The SMILES string of the molecule is COC(=O)c1ccc(N2CCN(Cc3ccccc3-c3ccc(Cl)cc3)CC2)cc1Oc1cccc([N+](=O)[O-])c1. The van der Waals surface area contributed by atoms with E-state index in [0.717, 1.165) is 49.0 Å². The largest absolute Gasteiger partial charge is 0.465 e. The van der Waals surface area contributed by atoms with E-state index in [4.69, 9.17) is 21.1 Å². The van der Waals surface area contributed by atoms with Gasteiger partial charge in [-0.3, -0.25) is 15.0 Å². The van der Waals surface area contributed by atoms with E-state index in [1.54, 1.807) is 24.3 Å². The molecule has 0 aromatic heterocycles. The van der Waals surface area contributed by atoms with Crippen molar-refractivity contribution in [3.63, 3.8) is 0 Å². The van der Waals surface area contributed by atoms with Crippen LogP contribution in [0.1, 0.15) is 15.9 Å². The van der Waals surface area contributed by atoms with Crippen molar-refractivity contribution in [2.75, 3.05) is 38.2 Å². The number of esters is 1. The molecule has 40 heavy (non-hydrogen) atoms. The van der Waals surface area contributed by atoms with Gasteiger partial charge in [-0.05, 0) is 47.0 Å². The van der Waals surface area contributed by atoms with Crippen LogP contribution < -0.4 is 9.64 Å². The third-order valence-corrected chi connectivity index (χ3v) is 7.18. The topological polar surface area (TPSA) is 85.2 Å². The van der Waals surface area contributed by atoms with E-state index >= 15 is 0 Å². The highest BCUT2D eigenvalue weighted by Gasteiger charge is 2.22. The van der Waals surface area contributed by atoms with Crippen LogP contribution in [0.25, 0.3) is 11.1 Å². The van der Waals surface area contributed by atoms with Gasteiger partial charge in [0.15, 0.2) is 0 Å². The Kier molecular flexibility index (Phi) is 8.28. The third kappa shape index (κ3) is 6.25. The van der Waals surface area contributed by atoms with Crippen LogP contribution >= 0.6 is 11.6 Å². The van der Waals surface area contributed by atoms with Gasteiger partial charge in [-0.25, -0.2) is 4.79 Å². The number of rotatable bonds is 8. The summed E-state index contributed by atoms with van der Waals surface area (Å²) in [7, 11) is 1.30. The van der Waals surface area contributed by atoms with Gasteiger partial charge in [0.25, 0.3) is 5.69 Å². The van der Waals surface area contributed by atoms with Crippen molar-refractivity contribution in [2.24, 2.45) is 0 Å². The van der Waals surface area contributed by atoms with Gasteiger partial charge >= 0.3 is 5.97 Å². The van der Waals surface area contributed by atoms with Gasteiger partial charge in [0, 0.05) is 55.6 Å². The summed E-state index contributed by atoms with van der Waals surface area (Å²) in [5, 5.41) is 11.9. The molecule has 9 heteroatoms. The maximum absolute atomic E-state index is 12.4. The van der Waals surface area contributed by atoms with Gasteiger partial charge in [-0.15, -0.1) is 0 Å². The molecule has 0 spiro atoms. The zero-order valence-electron chi connectivity index (χ0n) is 22.0. The standard InChI is InChI=1S/C31H28ClN3O5/c1-39-31(36)29-14-13-25(20-30(29)40-27-7-4-6-26(19-27)35(37)38)34-17-15-33(16-18-34)21-23-5-2-3-8-28(23)22-9-11-24(32)12-10-22/h2-14,19-20H,15-18,21H2,1H3. The van der Waals surface area contributed by atoms with Crippen LogP contribution in [0.2, 0.25) is 5.02 Å². The molecule has 0 bridgehead atoms. The fourth-order valence-corrected chi connectivity index (χ4v) is 4.96. The number of carbonyl (C=O) groups excluding carboxylic acids is 1. The zero-order valence-corrected chi connectivity index (χ0v) is 22.7. The summed E-state index contributed by atoms with van der Waals surface area (Å²) in [6.45, 7) is 4.12. The van der Waals surface area contributed by atoms with Crippen molar-refractivity contribution in [2.45, 2.75) is 6.54 Å². The molecule has 0 unspecified atom stereocenters. The molecule has 1 aliphatic heterocycles. The van der Waals surface area contributed by atoms with Crippen LogP contribution in [0.15, 0.2) is 91.0 Å². The summed E-state index contributed by atoms with van der Waals surface area (Å²) in [4.78, 5) is 27.8. The number of nitrogens with zero attached hydrogens (tertiary/aromatic N) is 3.